The van der Waals surface area contributed by atoms with Crippen molar-refractivity contribution in [1.82, 2.24) is 9.55 Å². The number of pyridine rings is 2. The van der Waals surface area contributed by atoms with Gasteiger partial charge in [0.1, 0.15) is 11.2 Å². The SMILES string of the molecule is CCOC(=O)c1cn(C)c2nc3cc(F)c(F)cc3cc2c1=O. The number of hydrogen-bond acceptors (Lipinski definition) is 4. The Balaban J connectivity index is 2.37. The third kappa shape index (κ3) is 2.44. The lowest BCUT2D eigenvalue weighted by Gasteiger charge is -2.09. The summed E-state index contributed by atoms with van der Waals surface area (Å²) in [5.41, 5.74) is -0.210. The molecule has 0 aliphatic heterocycles. The summed E-state index contributed by atoms with van der Waals surface area (Å²) in [6.45, 7) is 1.77. The van der Waals surface area contributed by atoms with Gasteiger partial charge in [0.15, 0.2) is 11.6 Å². The van der Waals surface area contributed by atoms with Crippen LogP contribution in [0.15, 0.2) is 29.2 Å². The number of halogens is 2. The van der Waals surface area contributed by atoms with Crippen LogP contribution in [0.1, 0.15) is 17.3 Å². The van der Waals surface area contributed by atoms with Gasteiger partial charge in [0.25, 0.3) is 0 Å². The zero-order valence-corrected chi connectivity index (χ0v) is 12.4. The Morgan fingerprint density at radius 3 is 2.65 bits per heavy atom. The van der Waals surface area contributed by atoms with Crippen molar-refractivity contribution in [3.8, 4) is 0 Å². The molecular weight excluding hydrogens is 306 g/mol. The lowest BCUT2D eigenvalue weighted by atomic mass is 10.1. The molecule has 0 N–H and O–H groups in total. The predicted octanol–water partition coefficient (Wildman–Crippen LogP) is 2.54. The number of carbonyl (C=O) groups is 1. The van der Waals surface area contributed by atoms with Crippen LogP contribution in [0.5, 0.6) is 0 Å². The zero-order valence-electron chi connectivity index (χ0n) is 12.4. The van der Waals surface area contributed by atoms with Crippen LogP contribution < -0.4 is 5.43 Å². The number of hydrogen-bond donors (Lipinski definition) is 0. The lowest BCUT2D eigenvalue weighted by molar-refractivity contribution is 0.0524. The van der Waals surface area contributed by atoms with E-state index in [0.29, 0.717) is 0 Å². The van der Waals surface area contributed by atoms with Gasteiger partial charge in [0.2, 0.25) is 5.43 Å². The van der Waals surface area contributed by atoms with Gasteiger partial charge in [0, 0.05) is 24.7 Å². The smallest absolute Gasteiger partial charge is 0.343 e. The van der Waals surface area contributed by atoms with Gasteiger partial charge in [-0.25, -0.2) is 18.6 Å². The van der Waals surface area contributed by atoms with Crippen molar-refractivity contribution in [3.63, 3.8) is 0 Å². The van der Waals surface area contributed by atoms with E-state index in [1.807, 2.05) is 0 Å². The molecule has 0 radical (unpaired) electrons. The number of carbonyl (C=O) groups excluding carboxylic acids is 1. The van der Waals surface area contributed by atoms with E-state index < -0.39 is 23.0 Å². The van der Waals surface area contributed by atoms with Crippen LogP contribution >= 0.6 is 0 Å². The molecule has 118 valence electrons. The molecule has 2 heterocycles. The Kier molecular flexibility index (Phi) is 3.55. The summed E-state index contributed by atoms with van der Waals surface area (Å²) < 4.78 is 33.0. The van der Waals surface area contributed by atoms with Gasteiger partial charge in [-0.15, -0.1) is 0 Å². The van der Waals surface area contributed by atoms with Crippen LogP contribution in [0, 0.1) is 11.6 Å². The molecule has 3 rings (SSSR count). The van der Waals surface area contributed by atoms with Crippen molar-refractivity contribution in [2.75, 3.05) is 6.61 Å². The second-order valence-corrected chi connectivity index (χ2v) is 5.02. The lowest BCUT2D eigenvalue weighted by Crippen LogP contribution is -2.20. The molecule has 0 unspecified atom stereocenters. The summed E-state index contributed by atoms with van der Waals surface area (Å²) in [5, 5.41) is 0.408. The standard InChI is InChI=1S/C16H12F2N2O3/c1-3-23-16(22)10-7-20(2)15-9(14(10)21)4-8-5-11(17)12(18)6-13(8)19-15/h4-7H,3H2,1-2H3. The quantitative estimate of drug-likeness (QED) is 0.538. The zero-order chi connectivity index (χ0) is 16.7. The third-order valence-electron chi connectivity index (χ3n) is 3.48. The van der Waals surface area contributed by atoms with E-state index >= 15 is 0 Å². The van der Waals surface area contributed by atoms with E-state index in [-0.39, 0.29) is 34.1 Å². The Hall–Kier alpha value is -2.83. The number of fused-ring (bicyclic) bond motifs is 2. The first-order chi connectivity index (χ1) is 10.9. The van der Waals surface area contributed by atoms with Gasteiger partial charge in [-0.1, -0.05) is 0 Å². The van der Waals surface area contributed by atoms with Gasteiger partial charge < -0.3 is 9.30 Å². The first-order valence-electron chi connectivity index (χ1n) is 6.88. The molecule has 0 amide bonds. The highest BCUT2D eigenvalue weighted by molar-refractivity contribution is 5.96. The molecule has 3 aromatic rings. The first kappa shape index (κ1) is 15.1. The molecule has 0 fully saturated rings. The Bertz CT molecular complexity index is 1010. The summed E-state index contributed by atoms with van der Waals surface area (Å²) >= 11 is 0. The van der Waals surface area contributed by atoms with Crippen molar-refractivity contribution in [1.29, 1.82) is 0 Å². The van der Waals surface area contributed by atoms with Crippen LogP contribution in [0.3, 0.4) is 0 Å². The predicted molar refractivity (Wildman–Crippen MR) is 80.4 cm³/mol. The summed E-state index contributed by atoms with van der Waals surface area (Å²) in [5.74, 6) is -2.78. The molecule has 1 aromatic carbocycles. The van der Waals surface area contributed by atoms with E-state index in [9.17, 15) is 18.4 Å². The fourth-order valence-corrected chi connectivity index (χ4v) is 2.41. The highest BCUT2D eigenvalue weighted by atomic mass is 19.2. The Morgan fingerprint density at radius 2 is 1.96 bits per heavy atom. The van der Waals surface area contributed by atoms with E-state index in [2.05, 4.69) is 4.98 Å². The summed E-state index contributed by atoms with van der Waals surface area (Å²) in [4.78, 5) is 28.5. The molecule has 0 saturated heterocycles. The average molecular weight is 318 g/mol. The second kappa shape index (κ2) is 5.42. The highest BCUT2D eigenvalue weighted by Crippen LogP contribution is 2.21. The molecule has 23 heavy (non-hydrogen) atoms. The summed E-state index contributed by atoms with van der Waals surface area (Å²) in [6, 6.07) is 3.33. The van der Waals surface area contributed by atoms with Gasteiger partial charge in [-0.05, 0) is 19.1 Å². The van der Waals surface area contributed by atoms with Crippen LogP contribution in [0.4, 0.5) is 8.78 Å². The molecule has 0 saturated carbocycles. The number of benzene rings is 1. The summed E-state index contributed by atoms with van der Waals surface area (Å²) in [6.07, 6.45) is 1.32. The van der Waals surface area contributed by atoms with Crippen LogP contribution in [-0.2, 0) is 11.8 Å². The maximum atomic E-state index is 13.4. The van der Waals surface area contributed by atoms with Crippen molar-refractivity contribution < 1.29 is 18.3 Å². The van der Waals surface area contributed by atoms with Crippen LogP contribution in [0.25, 0.3) is 21.9 Å². The molecule has 5 nitrogen and oxygen atoms in total. The van der Waals surface area contributed by atoms with Crippen LogP contribution in [-0.4, -0.2) is 22.1 Å². The fraction of sp³-hybridized carbons (Fsp3) is 0.188. The minimum atomic E-state index is -1.03. The number of rotatable bonds is 2. The van der Waals surface area contributed by atoms with Gasteiger partial charge >= 0.3 is 5.97 Å². The van der Waals surface area contributed by atoms with E-state index in [1.165, 1.54) is 16.8 Å². The maximum Gasteiger partial charge on any atom is 0.343 e. The molecule has 0 atom stereocenters. The number of ether oxygens (including phenoxy) is 1. The van der Waals surface area contributed by atoms with Crippen molar-refractivity contribution in [2.45, 2.75) is 6.92 Å². The average Bonchev–Trinajstić information content (AvgIpc) is 2.51. The highest BCUT2D eigenvalue weighted by Gasteiger charge is 2.17. The number of aromatic nitrogens is 2. The molecule has 0 spiro atoms. The number of nitrogens with zero attached hydrogens (tertiary/aromatic N) is 2. The van der Waals surface area contributed by atoms with Gasteiger partial charge in [-0.3, -0.25) is 4.79 Å². The number of esters is 1. The largest absolute Gasteiger partial charge is 0.462 e. The Morgan fingerprint density at radius 1 is 1.26 bits per heavy atom. The number of aryl methyl sites for hydroxylation is 1. The summed E-state index contributed by atoms with van der Waals surface area (Å²) in [7, 11) is 1.60. The van der Waals surface area contributed by atoms with Crippen molar-refractivity contribution >= 4 is 27.9 Å². The fourth-order valence-electron chi connectivity index (χ4n) is 2.41. The van der Waals surface area contributed by atoms with Crippen LogP contribution in [0.2, 0.25) is 0 Å². The molecule has 0 bridgehead atoms. The van der Waals surface area contributed by atoms with E-state index in [4.69, 9.17) is 4.74 Å². The topological polar surface area (TPSA) is 61.2 Å². The first-order valence-corrected chi connectivity index (χ1v) is 6.88. The van der Waals surface area contributed by atoms with E-state index in [1.54, 1.807) is 14.0 Å². The maximum absolute atomic E-state index is 13.4. The monoisotopic (exact) mass is 318 g/mol. The van der Waals surface area contributed by atoms with Gasteiger partial charge in [-0.2, -0.15) is 0 Å². The van der Waals surface area contributed by atoms with Crippen molar-refractivity contribution in [3.05, 3.63) is 51.8 Å². The molecule has 7 heteroatoms. The molecular formula is C16H12F2N2O3. The second-order valence-electron chi connectivity index (χ2n) is 5.02. The normalized spacial score (nSPS) is 11.1. The Labute approximate surface area is 129 Å². The molecule has 0 aliphatic rings. The molecule has 0 aliphatic carbocycles. The minimum absolute atomic E-state index is 0.134. The van der Waals surface area contributed by atoms with E-state index in [0.717, 1.165) is 12.1 Å². The van der Waals surface area contributed by atoms with Crippen molar-refractivity contribution in [2.24, 2.45) is 7.05 Å². The van der Waals surface area contributed by atoms with Gasteiger partial charge in [0.05, 0.1) is 17.5 Å². The third-order valence-corrected chi connectivity index (χ3v) is 3.48. The molecule has 2 aromatic heterocycles. The minimum Gasteiger partial charge on any atom is -0.462 e.